The van der Waals surface area contributed by atoms with Gasteiger partial charge in [-0.05, 0) is 50.4 Å². The van der Waals surface area contributed by atoms with E-state index in [0.29, 0.717) is 0 Å². The lowest BCUT2D eigenvalue weighted by atomic mass is 9.92. The monoisotopic (exact) mass is 308 g/mol. The van der Waals surface area contributed by atoms with Gasteiger partial charge in [0.05, 0.1) is 6.10 Å². The maximum atomic E-state index is 6.26. The Morgan fingerprint density at radius 2 is 2.00 bits per heavy atom. The molecule has 0 amide bonds. The molecule has 2 nitrogen and oxygen atoms in total. The molecule has 4 unspecified atom stereocenters. The zero-order chi connectivity index (χ0) is 15.6. The van der Waals surface area contributed by atoms with Gasteiger partial charge in [-0.1, -0.05) is 58.1 Å². The van der Waals surface area contributed by atoms with E-state index < -0.39 is 0 Å². The molecule has 0 spiro atoms. The molecule has 2 rings (SSSR count). The summed E-state index contributed by atoms with van der Waals surface area (Å²) in [4.78, 5) is 0. The van der Waals surface area contributed by atoms with E-state index in [2.05, 4.69) is 26.0 Å². The standard InChI is InChI=1S/C20H36O2/c1-3-5-6-12-19(22-20-13-7-8-16-21-20)15-14-18-11-9-10-17(18)4-2/h14-15,17-20H,3-13,16H2,1-2H3. The minimum absolute atomic E-state index is 0.0376. The zero-order valence-electron chi connectivity index (χ0n) is 14.8. The summed E-state index contributed by atoms with van der Waals surface area (Å²) < 4.78 is 12.0. The van der Waals surface area contributed by atoms with E-state index in [0.717, 1.165) is 31.3 Å². The first-order chi connectivity index (χ1) is 10.8. The van der Waals surface area contributed by atoms with Gasteiger partial charge in [-0.25, -0.2) is 0 Å². The largest absolute Gasteiger partial charge is 0.353 e. The van der Waals surface area contributed by atoms with E-state index in [1.54, 1.807) is 0 Å². The highest BCUT2D eigenvalue weighted by Crippen LogP contribution is 2.35. The third-order valence-electron chi connectivity index (χ3n) is 5.37. The third-order valence-corrected chi connectivity index (χ3v) is 5.37. The minimum Gasteiger partial charge on any atom is -0.353 e. The van der Waals surface area contributed by atoms with Gasteiger partial charge in [0.2, 0.25) is 0 Å². The van der Waals surface area contributed by atoms with Crippen LogP contribution in [0.15, 0.2) is 12.2 Å². The fourth-order valence-corrected chi connectivity index (χ4v) is 3.91. The number of hydrogen-bond acceptors (Lipinski definition) is 2. The van der Waals surface area contributed by atoms with Crippen molar-refractivity contribution in [2.24, 2.45) is 11.8 Å². The molecule has 1 aliphatic heterocycles. The average molecular weight is 309 g/mol. The predicted octanol–water partition coefficient (Wildman–Crippen LogP) is 5.86. The molecule has 1 heterocycles. The quantitative estimate of drug-likeness (QED) is 0.392. The summed E-state index contributed by atoms with van der Waals surface area (Å²) in [6.45, 7) is 5.47. The smallest absolute Gasteiger partial charge is 0.158 e. The zero-order valence-corrected chi connectivity index (χ0v) is 14.8. The molecule has 1 saturated carbocycles. The van der Waals surface area contributed by atoms with E-state index in [1.807, 2.05) is 0 Å². The summed E-state index contributed by atoms with van der Waals surface area (Å²) in [6, 6.07) is 0. The second kappa shape index (κ2) is 10.4. The van der Waals surface area contributed by atoms with Crippen LogP contribution in [0, 0.1) is 11.8 Å². The molecule has 128 valence electrons. The van der Waals surface area contributed by atoms with Crippen LogP contribution in [-0.4, -0.2) is 19.0 Å². The molecule has 0 aromatic carbocycles. The molecule has 4 atom stereocenters. The van der Waals surface area contributed by atoms with Crippen LogP contribution in [0.5, 0.6) is 0 Å². The Balaban J connectivity index is 1.84. The highest BCUT2D eigenvalue weighted by atomic mass is 16.7. The SMILES string of the molecule is CCCCCC(C=CC1CCCC1CC)OC1CCCCO1. The lowest BCUT2D eigenvalue weighted by molar-refractivity contribution is -0.179. The van der Waals surface area contributed by atoms with Crippen molar-refractivity contribution in [1.29, 1.82) is 0 Å². The second-order valence-corrected chi connectivity index (χ2v) is 7.11. The van der Waals surface area contributed by atoms with Crippen LogP contribution in [0.25, 0.3) is 0 Å². The molecular weight excluding hydrogens is 272 g/mol. The van der Waals surface area contributed by atoms with Crippen molar-refractivity contribution < 1.29 is 9.47 Å². The van der Waals surface area contributed by atoms with Crippen molar-refractivity contribution in [1.82, 2.24) is 0 Å². The van der Waals surface area contributed by atoms with Crippen molar-refractivity contribution in [3.63, 3.8) is 0 Å². The van der Waals surface area contributed by atoms with Gasteiger partial charge in [-0.2, -0.15) is 0 Å². The number of rotatable bonds is 9. The lowest BCUT2D eigenvalue weighted by Crippen LogP contribution is -2.27. The van der Waals surface area contributed by atoms with E-state index in [4.69, 9.17) is 9.47 Å². The van der Waals surface area contributed by atoms with Gasteiger partial charge in [-0.3, -0.25) is 0 Å². The summed E-state index contributed by atoms with van der Waals surface area (Å²) in [5.74, 6) is 1.69. The van der Waals surface area contributed by atoms with Crippen LogP contribution in [0.3, 0.4) is 0 Å². The lowest BCUT2D eigenvalue weighted by Gasteiger charge is -2.27. The Hall–Kier alpha value is -0.340. The number of allylic oxidation sites excluding steroid dienone is 1. The van der Waals surface area contributed by atoms with Crippen LogP contribution in [0.4, 0.5) is 0 Å². The van der Waals surface area contributed by atoms with Gasteiger partial charge in [0.25, 0.3) is 0 Å². The van der Waals surface area contributed by atoms with Crippen molar-refractivity contribution >= 4 is 0 Å². The van der Waals surface area contributed by atoms with Gasteiger partial charge in [0, 0.05) is 6.61 Å². The minimum atomic E-state index is 0.0376. The van der Waals surface area contributed by atoms with E-state index in [1.165, 1.54) is 57.8 Å². The molecule has 0 N–H and O–H groups in total. The van der Waals surface area contributed by atoms with E-state index in [-0.39, 0.29) is 12.4 Å². The van der Waals surface area contributed by atoms with Crippen LogP contribution >= 0.6 is 0 Å². The summed E-state index contributed by atoms with van der Waals surface area (Å²) in [5.41, 5.74) is 0. The predicted molar refractivity (Wildman–Crippen MR) is 92.9 cm³/mol. The van der Waals surface area contributed by atoms with Crippen LogP contribution in [0.1, 0.15) is 84.5 Å². The molecule has 1 saturated heterocycles. The van der Waals surface area contributed by atoms with Crippen LogP contribution in [-0.2, 0) is 9.47 Å². The number of unbranched alkanes of at least 4 members (excludes halogenated alkanes) is 2. The summed E-state index contributed by atoms with van der Waals surface area (Å²) in [5, 5.41) is 0. The molecule has 0 aromatic heterocycles. The van der Waals surface area contributed by atoms with Crippen LogP contribution < -0.4 is 0 Å². The first kappa shape index (κ1) is 18.0. The van der Waals surface area contributed by atoms with Crippen molar-refractivity contribution in [2.45, 2.75) is 96.9 Å². The van der Waals surface area contributed by atoms with Gasteiger partial charge >= 0.3 is 0 Å². The molecule has 22 heavy (non-hydrogen) atoms. The first-order valence-electron chi connectivity index (χ1n) is 9.78. The Morgan fingerprint density at radius 3 is 2.73 bits per heavy atom. The Kier molecular flexibility index (Phi) is 8.54. The van der Waals surface area contributed by atoms with Crippen molar-refractivity contribution in [3.05, 3.63) is 12.2 Å². The summed E-state index contributed by atoms with van der Waals surface area (Å²) in [7, 11) is 0. The molecule has 0 bridgehead atoms. The van der Waals surface area contributed by atoms with Gasteiger partial charge in [-0.15, -0.1) is 0 Å². The molecule has 2 heteroatoms. The third kappa shape index (κ3) is 6.04. The molecule has 0 radical (unpaired) electrons. The summed E-state index contributed by atoms with van der Waals surface area (Å²) >= 11 is 0. The molecular formula is C20H36O2. The normalized spacial score (nSPS) is 30.9. The number of ether oxygens (including phenoxy) is 2. The highest BCUT2D eigenvalue weighted by molar-refractivity contribution is 4.98. The Bertz CT molecular complexity index is 307. The van der Waals surface area contributed by atoms with Gasteiger partial charge in [0.15, 0.2) is 6.29 Å². The highest BCUT2D eigenvalue weighted by Gasteiger charge is 2.24. The fraction of sp³-hybridized carbons (Fsp3) is 0.900. The molecule has 0 aromatic rings. The average Bonchev–Trinajstić information content (AvgIpc) is 3.01. The van der Waals surface area contributed by atoms with E-state index in [9.17, 15) is 0 Å². The first-order valence-corrected chi connectivity index (χ1v) is 9.78. The second-order valence-electron chi connectivity index (χ2n) is 7.11. The Labute approximate surface area is 137 Å². The topological polar surface area (TPSA) is 18.5 Å². The van der Waals surface area contributed by atoms with Crippen molar-refractivity contribution in [3.8, 4) is 0 Å². The maximum Gasteiger partial charge on any atom is 0.158 e. The molecule has 1 aliphatic carbocycles. The maximum absolute atomic E-state index is 6.26. The Morgan fingerprint density at radius 1 is 1.09 bits per heavy atom. The number of hydrogen-bond donors (Lipinski definition) is 0. The summed E-state index contributed by atoms with van der Waals surface area (Å²) in [6.07, 6.45) is 19.1. The van der Waals surface area contributed by atoms with Gasteiger partial charge in [0.1, 0.15) is 0 Å². The van der Waals surface area contributed by atoms with Gasteiger partial charge < -0.3 is 9.47 Å². The van der Waals surface area contributed by atoms with Crippen molar-refractivity contribution in [2.75, 3.05) is 6.61 Å². The van der Waals surface area contributed by atoms with Crippen LogP contribution in [0.2, 0.25) is 0 Å². The molecule has 2 fully saturated rings. The fourth-order valence-electron chi connectivity index (χ4n) is 3.91. The molecule has 2 aliphatic rings. The van der Waals surface area contributed by atoms with E-state index >= 15 is 0 Å².